The lowest BCUT2D eigenvalue weighted by Gasteiger charge is -2.16. The van der Waals surface area contributed by atoms with E-state index < -0.39 is 14.8 Å². The van der Waals surface area contributed by atoms with E-state index in [-0.39, 0.29) is 25.2 Å². The van der Waals surface area contributed by atoms with Crippen LogP contribution in [0, 0.1) is 0 Å². The van der Waals surface area contributed by atoms with Crippen molar-refractivity contribution in [3.8, 4) is 0 Å². The van der Waals surface area contributed by atoms with Crippen molar-refractivity contribution in [2.45, 2.75) is 148 Å². The van der Waals surface area contributed by atoms with Crippen molar-refractivity contribution in [1.29, 1.82) is 0 Å². The lowest BCUT2D eigenvalue weighted by atomic mass is 10.1. The molecule has 1 atom stereocenters. The van der Waals surface area contributed by atoms with Gasteiger partial charge < -0.3 is 15.2 Å². The molecule has 212 valence electrons. The van der Waals surface area contributed by atoms with Crippen LogP contribution in [0.15, 0.2) is 0 Å². The summed E-state index contributed by atoms with van der Waals surface area (Å²) in [7, 11) is -0.487. The number of carbonyl (C=O) groups is 2. The van der Waals surface area contributed by atoms with E-state index in [1.807, 2.05) is 0 Å². The van der Waals surface area contributed by atoms with Crippen LogP contribution < -0.4 is 5.73 Å². The van der Waals surface area contributed by atoms with Crippen molar-refractivity contribution in [2.24, 2.45) is 5.73 Å². The van der Waals surface area contributed by atoms with Crippen LogP contribution in [0.2, 0.25) is 0 Å². The van der Waals surface area contributed by atoms with Crippen molar-refractivity contribution in [1.82, 2.24) is 0 Å². The highest BCUT2D eigenvalue weighted by atomic mass is 31.1. The molecule has 2 N–H and O–H groups in total. The Labute approximate surface area is 222 Å². The highest BCUT2D eigenvalue weighted by molar-refractivity contribution is 7.17. The molecule has 0 aliphatic carbocycles. The lowest BCUT2D eigenvalue weighted by molar-refractivity contribution is -0.160. The van der Waals surface area contributed by atoms with Gasteiger partial charge >= 0.3 is 20.6 Å². The normalized spacial score (nSPS) is 12.1. The van der Waals surface area contributed by atoms with Crippen molar-refractivity contribution in [3.63, 3.8) is 0 Å². The van der Waals surface area contributed by atoms with E-state index in [1.54, 1.807) is 0 Å². The van der Waals surface area contributed by atoms with E-state index in [0.717, 1.165) is 51.5 Å². The molecule has 0 saturated heterocycles. The van der Waals surface area contributed by atoms with Gasteiger partial charge in [-0.3, -0.25) is 14.1 Å². The summed E-state index contributed by atoms with van der Waals surface area (Å²) in [4.78, 5) is 24.2. The fraction of sp³-hybridized carbons (Fsp3) is 0.929. The topological polar surface area (TPSA) is 105 Å². The number of esters is 2. The third kappa shape index (κ3) is 26.0. The zero-order valence-corrected chi connectivity index (χ0v) is 23.9. The monoisotopic (exact) mass is 531 g/mol. The van der Waals surface area contributed by atoms with Gasteiger partial charge in [-0.15, -0.1) is 0 Å². The summed E-state index contributed by atoms with van der Waals surface area (Å²) in [5, 5.41) is 0. The molecule has 36 heavy (non-hydrogen) atoms. The van der Waals surface area contributed by atoms with E-state index in [4.69, 9.17) is 19.7 Å². The predicted octanol–water partition coefficient (Wildman–Crippen LogP) is 7.84. The molecular weight excluding hydrogens is 477 g/mol. The van der Waals surface area contributed by atoms with Crippen molar-refractivity contribution < 1.29 is 28.2 Å². The Morgan fingerprint density at radius 1 is 0.639 bits per heavy atom. The maximum absolute atomic E-state index is 12.2. The van der Waals surface area contributed by atoms with Crippen molar-refractivity contribution >= 4 is 20.6 Å². The summed E-state index contributed by atoms with van der Waals surface area (Å²) in [5.41, 5.74) is 5.50. The van der Waals surface area contributed by atoms with Crippen LogP contribution in [0.1, 0.15) is 142 Å². The average Bonchev–Trinajstić information content (AvgIpc) is 2.87. The third-order valence-electron chi connectivity index (χ3n) is 6.36. The molecule has 0 spiro atoms. The van der Waals surface area contributed by atoms with Gasteiger partial charge in [-0.05, 0) is 25.8 Å². The van der Waals surface area contributed by atoms with Crippen LogP contribution >= 0.6 is 8.69 Å². The molecule has 0 bridgehead atoms. The fourth-order valence-corrected chi connectivity index (χ4v) is 4.37. The van der Waals surface area contributed by atoms with Gasteiger partial charge in [0.25, 0.3) is 0 Å². The Hall–Kier alpha value is -1.04. The van der Waals surface area contributed by atoms with Gasteiger partial charge in [-0.2, -0.15) is 0 Å². The number of carbonyl (C=O) groups excluding carboxylic acids is 2. The molecule has 0 rings (SSSR count). The second-order valence-corrected chi connectivity index (χ2v) is 10.2. The summed E-state index contributed by atoms with van der Waals surface area (Å²) in [6.45, 7) is 2.88. The van der Waals surface area contributed by atoms with Crippen LogP contribution in [0.3, 0.4) is 0 Å². The summed E-state index contributed by atoms with van der Waals surface area (Å²) in [6.07, 6.45) is 22.2. The molecule has 0 aliphatic rings. The van der Waals surface area contributed by atoms with Gasteiger partial charge in [-0.1, -0.05) is 110 Å². The zero-order chi connectivity index (χ0) is 26.5. The number of hydrogen-bond acceptors (Lipinski definition) is 7. The predicted molar refractivity (Wildman–Crippen MR) is 146 cm³/mol. The van der Waals surface area contributed by atoms with Crippen LogP contribution in [0.5, 0.6) is 0 Å². The van der Waals surface area contributed by atoms with Gasteiger partial charge in [0.1, 0.15) is 13.2 Å². The molecule has 0 aliphatic heterocycles. The Bertz CT molecular complexity index is 520. The summed E-state index contributed by atoms with van der Waals surface area (Å²) in [5.74, 6) is -0.628. The second-order valence-electron chi connectivity index (χ2n) is 9.82. The van der Waals surface area contributed by atoms with E-state index in [0.29, 0.717) is 12.8 Å². The molecule has 0 aromatic carbocycles. The quantitative estimate of drug-likeness (QED) is 0.0623. The standard InChI is InChI=1S/C28H54NO6P/c1-2-3-4-5-6-7-9-13-16-19-22-28(31)35-26(25-34-36-32)24-33-27(30)21-18-15-12-10-8-11-14-17-20-23-29/h26H,2-25,29H2,1H3/t26-/m0/s1. The number of hydrogen-bond donors (Lipinski definition) is 1. The molecular formula is C28H54NO6P. The first-order chi connectivity index (χ1) is 17.6. The maximum atomic E-state index is 12.2. The Morgan fingerprint density at radius 2 is 1.08 bits per heavy atom. The Balaban J connectivity index is 3.82. The van der Waals surface area contributed by atoms with Crippen molar-refractivity contribution in [3.05, 3.63) is 0 Å². The number of unbranched alkanes of at least 4 members (excludes halogenated alkanes) is 17. The van der Waals surface area contributed by atoms with E-state index in [9.17, 15) is 14.2 Å². The fourth-order valence-electron chi connectivity index (χ4n) is 4.14. The molecule has 0 aromatic heterocycles. The average molecular weight is 532 g/mol. The van der Waals surface area contributed by atoms with Gasteiger partial charge in [0, 0.05) is 12.8 Å². The highest BCUT2D eigenvalue weighted by Gasteiger charge is 2.17. The van der Waals surface area contributed by atoms with Gasteiger partial charge in [0.05, 0.1) is 0 Å². The van der Waals surface area contributed by atoms with Gasteiger partial charge in [-0.25, -0.2) is 4.57 Å². The maximum Gasteiger partial charge on any atom is 0.327 e. The van der Waals surface area contributed by atoms with Gasteiger partial charge in [0.2, 0.25) is 0 Å². The first kappa shape index (κ1) is 35.0. The van der Waals surface area contributed by atoms with Crippen molar-refractivity contribution in [2.75, 3.05) is 19.8 Å². The van der Waals surface area contributed by atoms with Gasteiger partial charge in [0.15, 0.2) is 6.10 Å². The molecule has 0 saturated carbocycles. The molecule has 8 heteroatoms. The van der Waals surface area contributed by atoms with Crippen LogP contribution in [-0.2, 0) is 28.2 Å². The van der Waals surface area contributed by atoms with E-state index in [2.05, 4.69) is 6.92 Å². The summed E-state index contributed by atoms with van der Waals surface area (Å²) in [6, 6.07) is 0. The second kappa shape index (κ2) is 28.5. The molecule has 0 amide bonds. The first-order valence-corrected chi connectivity index (χ1v) is 15.4. The largest absolute Gasteiger partial charge is 0.462 e. The van der Waals surface area contributed by atoms with E-state index in [1.165, 1.54) is 77.0 Å². The molecule has 0 radical (unpaired) electrons. The number of rotatable bonds is 28. The highest BCUT2D eigenvalue weighted by Crippen LogP contribution is 2.13. The first-order valence-electron chi connectivity index (χ1n) is 14.6. The minimum absolute atomic E-state index is 0.0621. The van der Waals surface area contributed by atoms with Crippen LogP contribution in [-0.4, -0.2) is 37.8 Å². The summed E-state index contributed by atoms with van der Waals surface area (Å²) < 4.78 is 26.2. The third-order valence-corrected chi connectivity index (χ3v) is 6.62. The van der Waals surface area contributed by atoms with Crippen LogP contribution in [0.25, 0.3) is 0 Å². The minimum Gasteiger partial charge on any atom is -0.462 e. The van der Waals surface area contributed by atoms with E-state index >= 15 is 0 Å². The van der Waals surface area contributed by atoms with Crippen LogP contribution in [0.4, 0.5) is 0 Å². The lowest BCUT2D eigenvalue weighted by Crippen LogP contribution is -2.28. The molecule has 0 fully saturated rings. The zero-order valence-electron chi connectivity index (χ0n) is 23.0. The number of nitrogens with two attached hydrogens (primary N) is 1. The minimum atomic E-state index is -0.731. The molecule has 0 aromatic rings. The SMILES string of the molecule is CCCCCCCCCCCCC(=O)O[C@H](COP=O)COC(=O)CCCCCCCCCCCN. The molecule has 0 heterocycles. The Kier molecular flexibility index (Phi) is 27.7. The Morgan fingerprint density at radius 3 is 1.56 bits per heavy atom. The summed E-state index contributed by atoms with van der Waals surface area (Å²) >= 11 is 0. The number of ether oxygens (including phenoxy) is 2. The smallest absolute Gasteiger partial charge is 0.327 e. The molecule has 7 nitrogen and oxygen atoms in total. The molecule has 0 unspecified atom stereocenters.